The number of nitriles is 1. The number of para-hydroxylation sites is 1. The van der Waals surface area contributed by atoms with Gasteiger partial charge in [0, 0.05) is 16.9 Å². The maximum atomic E-state index is 14.4. The first-order valence-electron chi connectivity index (χ1n) is 14.2. The fraction of sp³-hybridized carbons (Fsp3) is 0. The molecule has 44 heavy (non-hydrogen) atoms. The lowest BCUT2D eigenvalue weighted by Crippen LogP contribution is -2.12. The lowest BCUT2D eigenvalue weighted by atomic mass is 9.97. The van der Waals surface area contributed by atoms with E-state index in [4.69, 9.17) is 9.97 Å². The smallest absolute Gasteiger partial charge is 0.156 e. The molecule has 0 saturated carbocycles. The van der Waals surface area contributed by atoms with Gasteiger partial charge >= 0.3 is 0 Å². The number of benzene rings is 6. The van der Waals surface area contributed by atoms with Gasteiger partial charge < -0.3 is 0 Å². The Morgan fingerprint density at radius 1 is 0.568 bits per heavy atom. The summed E-state index contributed by atoms with van der Waals surface area (Å²) in [5.41, 5.74) is 9.20. The van der Waals surface area contributed by atoms with E-state index in [2.05, 4.69) is 36.4 Å². The highest BCUT2D eigenvalue weighted by molar-refractivity contribution is 5.96. The first kappa shape index (κ1) is 26.8. The summed E-state index contributed by atoms with van der Waals surface area (Å²) in [7, 11) is 0. The minimum atomic E-state index is -0.451. The summed E-state index contributed by atoms with van der Waals surface area (Å²) in [6, 6.07) is 49.0. The van der Waals surface area contributed by atoms with Crippen LogP contribution in [-0.2, 0) is 0 Å². The molecule has 0 atom stereocenters. The first-order chi connectivity index (χ1) is 21.7. The van der Waals surface area contributed by atoms with E-state index in [0.717, 1.165) is 50.2 Å². The predicted molar refractivity (Wildman–Crippen MR) is 175 cm³/mol. The Labute approximate surface area is 255 Å². The van der Waals surface area contributed by atoms with E-state index >= 15 is 0 Å². The molecule has 0 aliphatic carbocycles. The van der Waals surface area contributed by atoms with Crippen LogP contribution in [0, 0.1) is 17.1 Å². The zero-order chi connectivity index (χ0) is 29.9. The van der Waals surface area contributed by atoms with Gasteiger partial charge in [0.25, 0.3) is 0 Å². The molecule has 0 spiro atoms. The molecule has 7 aromatic rings. The van der Waals surface area contributed by atoms with Gasteiger partial charge in [0.1, 0.15) is 5.82 Å². The summed E-state index contributed by atoms with van der Waals surface area (Å²) >= 11 is 0. The second-order valence-corrected chi connectivity index (χ2v) is 10.4. The monoisotopic (exact) mass is 568 g/mol. The zero-order valence-corrected chi connectivity index (χ0v) is 23.6. The molecule has 0 amide bonds. The number of fused-ring (bicyclic) bond motifs is 1. The van der Waals surface area contributed by atoms with Crippen molar-refractivity contribution in [2.45, 2.75) is 0 Å². The van der Waals surface area contributed by atoms with Crippen molar-refractivity contribution in [3.05, 3.63) is 163 Å². The van der Waals surface area contributed by atoms with Crippen LogP contribution in [0.5, 0.6) is 0 Å². The molecular weight excluding hydrogens is 543 g/mol. The topological polar surface area (TPSA) is 52.8 Å². The summed E-state index contributed by atoms with van der Waals surface area (Å²) in [5, 5.41) is 9.41. The van der Waals surface area contributed by atoms with Crippen LogP contribution in [-0.4, -0.2) is 9.97 Å². The van der Waals surface area contributed by atoms with Gasteiger partial charge in [0.15, 0.2) is 5.82 Å². The first-order valence-corrected chi connectivity index (χ1v) is 14.2. The van der Waals surface area contributed by atoms with Crippen molar-refractivity contribution >= 4 is 28.2 Å². The average molecular weight is 569 g/mol. The predicted octanol–water partition coefficient (Wildman–Crippen LogP) is 10.1. The SMILES string of the molecule is N#Cc1cc(F)cc(-c2cccc(N(c3ccccc3)c3cnc4cc(-c5ccccc5)cc(-c5ccccc5)c4n3)c2)c1. The van der Waals surface area contributed by atoms with Gasteiger partial charge in [0.05, 0.1) is 28.9 Å². The Morgan fingerprint density at radius 3 is 1.93 bits per heavy atom. The molecule has 4 nitrogen and oxygen atoms in total. The van der Waals surface area contributed by atoms with E-state index in [1.807, 2.05) is 102 Å². The molecule has 208 valence electrons. The van der Waals surface area contributed by atoms with Crippen LogP contribution >= 0.6 is 0 Å². The number of hydrogen-bond donors (Lipinski definition) is 0. The maximum Gasteiger partial charge on any atom is 0.156 e. The number of rotatable bonds is 6. The fourth-order valence-corrected chi connectivity index (χ4v) is 5.48. The van der Waals surface area contributed by atoms with Gasteiger partial charge in [-0.25, -0.2) is 9.37 Å². The quantitative estimate of drug-likeness (QED) is 0.200. The van der Waals surface area contributed by atoms with Gasteiger partial charge in [0.2, 0.25) is 0 Å². The van der Waals surface area contributed by atoms with Crippen molar-refractivity contribution in [3.8, 4) is 39.4 Å². The molecule has 0 saturated heterocycles. The Bertz CT molecular complexity index is 2140. The minimum absolute atomic E-state index is 0.272. The summed E-state index contributed by atoms with van der Waals surface area (Å²) in [6.45, 7) is 0. The Hall–Kier alpha value is -6.12. The largest absolute Gasteiger partial charge is 0.294 e. The van der Waals surface area contributed by atoms with E-state index in [9.17, 15) is 9.65 Å². The van der Waals surface area contributed by atoms with E-state index in [-0.39, 0.29) is 5.56 Å². The van der Waals surface area contributed by atoms with Crippen molar-refractivity contribution in [3.63, 3.8) is 0 Å². The molecule has 0 radical (unpaired) electrons. The van der Waals surface area contributed by atoms with Gasteiger partial charge in [-0.15, -0.1) is 0 Å². The van der Waals surface area contributed by atoms with Crippen LogP contribution in [0.25, 0.3) is 44.4 Å². The van der Waals surface area contributed by atoms with Gasteiger partial charge in [-0.05, 0) is 82.4 Å². The second kappa shape index (κ2) is 11.6. The molecule has 5 heteroatoms. The molecule has 0 N–H and O–H groups in total. The van der Waals surface area contributed by atoms with E-state index < -0.39 is 5.82 Å². The van der Waals surface area contributed by atoms with Crippen molar-refractivity contribution < 1.29 is 4.39 Å². The lowest BCUT2D eigenvalue weighted by molar-refractivity contribution is 0.628. The van der Waals surface area contributed by atoms with Crippen LogP contribution < -0.4 is 4.90 Å². The Balaban J connectivity index is 1.42. The van der Waals surface area contributed by atoms with Gasteiger partial charge in [-0.3, -0.25) is 9.88 Å². The number of nitrogens with zero attached hydrogens (tertiary/aromatic N) is 4. The Morgan fingerprint density at radius 2 is 1.20 bits per heavy atom. The molecule has 1 aromatic heterocycles. The average Bonchev–Trinajstić information content (AvgIpc) is 3.09. The molecule has 0 aliphatic rings. The standard InChI is InChI=1S/C39H25FN4/c40-33-20-27(25-41)19-31(21-33)30-15-10-18-35(22-30)44(34-16-8-3-9-17-34)38-26-42-37-24-32(28-11-4-1-5-12-28)23-36(39(37)43-38)29-13-6-2-7-14-29/h1-24,26H. The molecule has 7 rings (SSSR count). The van der Waals surface area contributed by atoms with Crippen molar-refractivity contribution in [2.24, 2.45) is 0 Å². The van der Waals surface area contributed by atoms with Crippen LogP contribution in [0.15, 0.2) is 152 Å². The van der Waals surface area contributed by atoms with Crippen molar-refractivity contribution in [1.29, 1.82) is 5.26 Å². The molecule has 0 unspecified atom stereocenters. The van der Waals surface area contributed by atoms with Crippen LogP contribution in [0.1, 0.15) is 5.56 Å². The number of aromatic nitrogens is 2. The highest BCUT2D eigenvalue weighted by Crippen LogP contribution is 2.38. The summed E-state index contributed by atoms with van der Waals surface area (Å²) in [6.07, 6.45) is 1.79. The summed E-state index contributed by atoms with van der Waals surface area (Å²) in [5.74, 6) is 0.190. The molecular formula is C39H25FN4. The molecule has 0 fully saturated rings. The van der Waals surface area contributed by atoms with Gasteiger partial charge in [-0.2, -0.15) is 5.26 Å². The van der Waals surface area contributed by atoms with E-state index in [0.29, 0.717) is 11.4 Å². The third kappa shape index (κ3) is 5.29. The zero-order valence-electron chi connectivity index (χ0n) is 23.6. The summed E-state index contributed by atoms with van der Waals surface area (Å²) < 4.78 is 14.4. The van der Waals surface area contributed by atoms with E-state index in [1.165, 1.54) is 12.1 Å². The third-order valence-electron chi connectivity index (χ3n) is 7.54. The van der Waals surface area contributed by atoms with Crippen LogP contribution in [0.2, 0.25) is 0 Å². The molecule has 1 heterocycles. The molecule has 0 aliphatic heterocycles. The van der Waals surface area contributed by atoms with Gasteiger partial charge in [-0.1, -0.05) is 91.0 Å². The normalized spacial score (nSPS) is 10.8. The molecule has 0 bridgehead atoms. The third-order valence-corrected chi connectivity index (χ3v) is 7.54. The maximum absolute atomic E-state index is 14.4. The number of anilines is 3. The summed E-state index contributed by atoms with van der Waals surface area (Å²) in [4.78, 5) is 12.2. The number of hydrogen-bond acceptors (Lipinski definition) is 4. The van der Waals surface area contributed by atoms with Crippen LogP contribution in [0.4, 0.5) is 21.6 Å². The fourth-order valence-electron chi connectivity index (χ4n) is 5.48. The second-order valence-electron chi connectivity index (χ2n) is 10.4. The van der Waals surface area contributed by atoms with Crippen molar-refractivity contribution in [2.75, 3.05) is 4.90 Å². The minimum Gasteiger partial charge on any atom is -0.294 e. The highest BCUT2D eigenvalue weighted by Gasteiger charge is 2.18. The lowest BCUT2D eigenvalue weighted by Gasteiger charge is -2.25. The number of halogens is 1. The van der Waals surface area contributed by atoms with Crippen molar-refractivity contribution in [1.82, 2.24) is 9.97 Å². The molecule has 6 aromatic carbocycles. The van der Waals surface area contributed by atoms with E-state index in [1.54, 1.807) is 12.3 Å². The highest BCUT2D eigenvalue weighted by atomic mass is 19.1. The van der Waals surface area contributed by atoms with Crippen LogP contribution in [0.3, 0.4) is 0 Å². The Kier molecular flexibility index (Phi) is 7.08.